The number of aromatic nitrogens is 3. The minimum atomic E-state index is -0.264. The molecular formula is C10H12N4O2S. The van der Waals surface area contributed by atoms with Crippen molar-refractivity contribution in [2.24, 2.45) is 0 Å². The van der Waals surface area contributed by atoms with E-state index in [0.717, 1.165) is 11.4 Å². The predicted octanol–water partition coefficient (Wildman–Crippen LogP) is 1.96. The number of nitrogens with zero attached hydrogens (tertiary/aromatic N) is 3. The Bertz CT molecular complexity index is 527. The van der Waals surface area contributed by atoms with Crippen LogP contribution in [0.3, 0.4) is 0 Å². The summed E-state index contributed by atoms with van der Waals surface area (Å²) in [6.07, 6.45) is 0.804. The third-order valence-corrected chi connectivity index (χ3v) is 3.23. The van der Waals surface area contributed by atoms with Crippen LogP contribution in [0.15, 0.2) is 4.52 Å². The van der Waals surface area contributed by atoms with E-state index in [4.69, 9.17) is 4.52 Å². The summed E-state index contributed by atoms with van der Waals surface area (Å²) < 4.78 is 4.94. The molecule has 0 atom stereocenters. The molecule has 0 spiro atoms. The molecule has 0 bridgehead atoms. The van der Waals surface area contributed by atoms with Crippen LogP contribution in [0.5, 0.6) is 0 Å². The second-order valence-corrected chi connectivity index (χ2v) is 4.57. The fourth-order valence-corrected chi connectivity index (χ4v) is 2.09. The van der Waals surface area contributed by atoms with Gasteiger partial charge in [0.2, 0.25) is 5.13 Å². The molecule has 0 aliphatic heterocycles. The van der Waals surface area contributed by atoms with E-state index >= 15 is 0 Å². The summed E-state index contributed by atoms with van der Waals surface area (Å²) >= 11 is 1.37. The second kappa shape index (κ2) is 4.62. The van der Waals surface area contributed by atoms with Crippen molar-refractivity contribution in [1.29, 1.82) is 0 Å². The molecule has 0 unspecified atom stereocenters. The normalized spacial score (nSPS) is 10.5. The first-order chi connectivity index (χ1) is 8.11. The van der Waals surface area contributed by atoms with Crippen molar-refractivity contribution in [3.63, 3.8) is 0 Å². The number of nitrogens with one attached hydrogen (secondary N) is 1. The van der Waals surface area contributed by atoms with Crippen LogP contribution < -0.4 is 5.32 Å². The van der Waals surface area contributed by atoms with E-state index in [1.807, 2.05) is 6.92 Å². The smallest absolute Gasteiger partial charge is 0.263 e. The fraction of sp³-hybridized carbons (Fsp3) is 0.400. The first-order valence-electron chi connectivity index (χ1n) is 5.18. The Kier molecular flexibility index (Phi) is 3.19. The van der Waals surface area contributed by atoms with Crippen molar-refractivity contribution in [2.45, 2.75) is 27.2 Å². The van der Waals surface area contributed by atoms with Crippen LogP contribution in [0, 0.1) is 13.8 Å². The molecule has 0 aromatic carbocycles. The summed E-state index contributed by atoms with van der Waals surface area (Å²) in [7, 11) is 0. The van der Waals surface area contributed by atoms with Gasteiger partial charge in [-0.3, -0.25) is 10.1 Å². The number of rotatable bonds is 3. The van der Waals surface area contributed by atoms with Crippen LogP contribution in [0.2, 0.25) is 0 Å². The van der Waals surface area contributed by atoms with Gasteiger partial charge in [-0.25, -0.2) is 0 Å². The van der Waals surface area contributed by atoms with Crippen molar-refractivity contribution in [3.8, 4) is 0 Å². The lowest BCUT2D eigenvalue weighted by molar-refractivity contribution is 0.102. The van der Waals surface area contributed by atoms with Crippen molar-refractivity contribution in [2.75, 3.05) is 5.32 Å². The number of carbonyl (C=O) groups excluding carboxylic acids is 1. The Morgan fingerprint density at radius 3 is 2.71 bits per heavy atom. The molecule has 0 saturated heterocycles. The van der Waals surface area contributed by atoms with E-state index in [0.29, 0.717) is 22.1 Å². The summed E-state index contributed by atoms with van der Waals surface area (Å²) in [6.45, 7) is 5.41. The third-order valence-electron chi connectivity index (χ3n) is 2.25. The van der Waals surface area contributed by atoms with E-state index in [9.17, 15) is 4.79 Å². The zero-order chi connectivity index (χ0) is 12.4. The van der Waals surface area contributed by atoms with Gasteiger partial charge in [-0.1, -0.05) is 23.4 Å². The average Bonchev–Trinajstić information content (AvgIpc) is 2.86. The van der Waals surface area contributed by atoms with Crippen LogP contribution in [-0.4, -0.2) is 21.3 Å². The molecule has 2 rings (SSSR count). The Balaban J connectivity index is 2.17. The van der Waals surface area contributed by atoms with Crippen molar-refractivity contribution in [3.05, 3.63) is 22.0 Å². The number of hydrogen-bond donors (Lipinski definition) is 1. The molecule has 2 aromatic rings. The molecule has 2 heterocycles. The minimum Gasteiger partial charge on any atom is -0.361 e. The Labute approximate surface area is 102 Å². The molecule has 0 radical (unpaired) electrons. The maximum absolute atomic E-state index is 11.9. The lowest BCUT2D eigenvalue weighted by atomic mass is 10.2. The first kappa shape index (κ1) is 11.7. The van der Waals surface area contributed by atoms with E-state index in [1.54, 1.807) is 13.8 Å². The van der Waals surface area contributed by atoms with Crippen molar-refractivity contribution < 1.29 is 9.32 Å². The van der Waals surface area contributed by atoms with Crippen molar-refractivity contribution >= 4 is 22.4 Å². The van der Waals surface area contributed by atoms with Gasteiger partial charge in [-0.05, 0) is 20.3 Å². The number of anilines is 1. The zero-order valence-corrected chi connectivity index (χ0v) is 10.6. The molecule has 0 fully saturated rings. The van der Waals surface area contributed by atoms with E-state index < -0.39 is 0 Å². The third kappa shape index (κ3) is 2.33. The summed E-state index contributed by atoms with van der Waals surface area (Å²) in [5.74, 6) is 0.236. The number of carbonyl (C=O) groups is 1. The molecule has 1 amide bonds. The molecule has 1 N–H and O–H groups in total. The minimum absolute atomic E-state index is 0.264. The van der Waals surface area contributed by atoms with Gasteiger partial charge in [0, 0.05) is 0 Å². The highest BCUT2D eigenvalue weighted by atomic mass is 32.1. The molecule has 17 heavy (non-hydrogen) atoms. The molecule has 7 heteroatoms. The van der Waals surface area contributed by atoms with Crippen LogP contribution in [0.1, 0.15) is 33.7 Å². The van der Waals surface area contributed by atoms with Gasteiger partial charge in [0.1, 0.15) is 16.3 Å². The number of amides is 1. The largest absolute Gasteiger partial charge is 0.361 e. The first-order valence-corrected chi connectivity index (χ1v) is 6.00. The average molecular weight is 252 g/mol. The van der Waals surface area contributed by atoms with Gasteiger partial charge >= 0.3 is 0 Å². The lowest BCUT2D eigenvalue weighted by Gasteiger charge is -1.98. The van der Waals surface area contributed by atoms with Crippen LogP contribution in [0.4, 0.5) is 5.13 Å². The lowest BCUT2D eigenvalue weighted by Crippen LogP contribution is -2.13. The number of hydrogen-bond acceptors (Lipinski definition) is 6. The molecular weight excluding hydrogens is 240 g/mol. The van der Waals surface area contributed by atoms with Gasteiger partial charge in [0.05, 0.1) is 5.69 Å². The van der Waals surface area contributed by atoms with Crippen LogP contribution in [0.25, 0.3) is 0 Å². The molecule has 6 nitrogen and oxygen atoms in total. The summed E-state index contributed by atoms with van der Waals surface area (Å²) in [5, 5.41) is 15.6. The molecule has 0 aliphatic carbocycles. The maximum Gasteiger partial charge on any atom is 0.263 e. The molecule has 0 aliphatic rings. The Morgan fingerprint density at radius 2 is 2.18 bits per heavy atom. The zero-order valence-electron chi connectivity index (χ0n) is 9.77. The van der Waals surface area contributed by atoms with E-state index in [1.165, 1.54) is 11.3 Å². The standard InChI is InChI=1S/C10H12N4O2S/c1-4-7-12-13-10(17-7)11-9(15)8-5(2)14-16-6(8)3/h4H2,1-3H3,(H,11,13,15). The summed E-state index contributed by atoms with van der Waals surface area (Å²) in [6, 6.07) is 0. The van der Waals surface area contributed by atoms with Crippen LogP contribution >= 0.6 is 11.3 Å². The summed E-state index contributed by atoms with van der Waals surface area (Å²) in [5.41, 5.74) is 1.03. The highest BCUT2D eigenvalue weighted by Crippen LogP contribution is 2.18. The quantitative estimate of drug-likeness (QED) is 0.903. The Morgan fingerprint density at radius 1 is 1.41 bits per heavy atom. The summed E-state index contributed by atoms with van der Waals surface area (Å²) in [4.78, 5) is 11.9. The monoisotopic (exact) mass is 252 g/mol. The second-order valence-electron chi connectivity index (χ2n) is 3.51. The fourth-order valence-electron chi connectivity index (χ4n) is 1.41. The Hall–Kier alpha value is -1.76. The maximum atomic E-state index is 11.9. The molecule has 0 saturated carbocycles. The van der Waals surface area contributed by atoms with E-state index in [-0.39, 0.29) is 5.91 Å². The molecule has 90 valence electrons. The predicted molar refractivity (Wildman–Crippen MR) is 63.2 cm³/mol. The van der Waals surface area contributed by atoms with Crippen LogP contribution in [-0.2, 0) is 6.42 Å². The van der Waals surface area contributed by atoms with Gasteiger partial charge in [0.15, 0.2) is 0 Å². The van der Waals surface area contributed by atoms with Gasteiger partial charge < -0.3 is 4.52 Å². The van der Waals surface area contributed by atoms with Gasteiger partial charge in [-0.2, -0.15) is 0 Å². The SMILES string of the molecule is CCc1nnc(NC(=O)c2c(C)noc2C)s1. The topological polar surface area (TPSA) is 80.9 Å². The highest BCUT2D eigenvalue weighted by Gasteiger charge is 2.18. The molecule has 2 aromatic heterocycles. The highest BCUT2D eigenvalue weighted by molar-refractivity contribution is 7.15. The van der Waals surface area contributed by atoms with Gasteiger partial charge in [-0.15, -0.1) is 10.2 Å². The van der Waals surface area contributed by atoms with E-state index in [2.05, 4.69) is 20.7 Å². The number of aryl methyl sites for hydroxylation is 3. The van der Waals surface area contributed by atoms with Crippen molar-refractivity contribution in [1.82, 2.24) is 15.4 Å². The van der Waals surface area contributed by atoms with Gasteiger partial charge in [0.25, 0.3) is 5.91 Å².